The van der Waals surface area contributed by atoms with Crippen molar-refractivity contribution in [3.63, 3.8) is 0 Å². The minimum Gasteiger partial charge on any atom is -0.308 e. The standard InChI is InChI=1S/C26H29ClN4/c27-23-8-4-5-17(14-23)16-31-29-24(26(30-31)20-6-2-1-3-7-20)15-28-25-21-10-18-9-19(12-21)13-22(25)11-18/h1-8,14,18-19,21-22,25,28H,9-13,15-16H2. The molecule has 0 amide bonds. The maximum atomic E-state index is 6.18. The summed E-state index contributed by atoms with van der Waals surface area (Å²) in [7, 11) is 0. The summed E-state index contributed by atoms with van der Waals surface area (Å²) in [6.45, 7) is 1.41. The van der Waals surface area contributed by atoms with Crippen molar-refractivity contribution in [3.8, 4) is 11.3 Å². The van der Waals surface area contributed by atoms with Gasteiger partial charge in [-0.3, -0.25) is 0 Å². The molecule has 4 aliphatic carbocycles. The molecular weight excluding hydrogens is 404 g/mol. The molecule has 1 heterocycles. The van der Waals surface area contributed by atoms with Crippen molar-refractivity contribution in [1.82, 2.24) is 20.3 Å². The van der Waals surface area contributed by atoms with Crippen molar-refractivity contribution in [2.45, 2.75) is 51.2 Å². The lowest BCUT2D eigenvalue weighted by Gasteiger charge is -2.54. The summed E-state index contributed by atoms with van der Waals surface area (Å²) in [6.07, 6.45) is 7.21. The van der Waals surface area contributed by atoms with E-state index in [1.807, 2.05) is 29.1 Å². The van der Waals surface area contributed by atoms with Crippen LogP contribution in [0.5, 0.6) is 0 Å². The first-order valence-electron chi connectivity index (χ1n) is 11.7. The molecule has 4 nitrogen and oxygen atoms in total. The number of hydrogen-bond acceptors (Lipinski definition) is 3. The van der Waals surface area contributed by atoms with E-state index in [0.717, 1.165) is 57.8 Å². The van der Waals surface area contributed by atoms with Crippen LogP contribution in [0.1, 0.15) is 43.4 Å². The molecule has 4 aliphatic rings. The Labute approximate surface area is 189 Å². The lowest BCUT2D eigenvalue weighted by molar-refractivity contribution is -0.0143. The quantitative estimate of drug-likeness (QED) is 0.554. The van der Waals surface area contributed by atoms with E-state index in [2.05, 4.69) is 35.6 Å². The van der Waals surface area contributed by atoms with Gasteiger partial charge in [0.1, 0.15) is 11.4 Å². The molecular formula is C26H29ClN4. The van der Waals surface area contributed by atoms with E-state index in [9.17, 15) is 0 Å². The third kappa shape index (κ3) is 3.92. The molecule has 2 aromatic carbocycles. The van der Waals surface area contributed by atoms with Crippen LogP contribution in [0.25, 0.3) is 11.3 Å². The van der Waals surface area contributed by atoms with Crippen LogP contribution >= 0.6 is 11.6 Å². The molecule has 1 N–H and O–H groups in total. The fourth-order valence-electron chi connectivity index (χ4n) is 6.66. The zero-order valence-corrected chi connectivity index (χ0v) is 18.5. The van der Waals surface area contributed by atoms with E-state index in [4.69, 9.17) is 21.8 Å². The van der Waals surface area contributed by atoms with Crippen molar-refractivity contribution in [2.24, 2.45) is 23.7 Å². The Kier molecular flexibility index (Phi) is 5.08. The molecule has 3 aromatic rings. The van der Waals surface area contributed by atoms with Gasteiger partial charge in [-0.05, 0) is 73.5 Å². The second kappa shape index (κ2) is 8.07. The highest BCUT2D eigenvalue weighted by Crippen LogP contribution is 2.53. The van der Waals surface area contributed by atoms with Crippen LogP contribution in [0.4, 0.5) is 0 Å². The lowest BCUT2D eigenvalue weighted by Crippen LogP contribution is -2.54. The first-order valence-corrected chi connectivity index (χ1v) is 12.1. The number of aromatic nitrogens is 3. The number of nitrogens with one attached hydrogen (secondary N) is 1. The summed E-state index contributed by atoms with van der Waals surface area (Å²) in [5.74, 6) is 3.72. The Hall–Kier alpha value is -2.17. The largest absolute Gasteiger partial charge is 0.308 e. The van der Waals surface area contributed by atoms with Gasteiger partial charge in [0.2, 0.25) is 0 Å². The maximum absolute atomic E-state index is 6.18. The number of benzene rings is 2. The second-order valence-corrected chi connectivity index (χ2v) is 10.3. The summed E-state index contributed by atoms with van der Waals surface area (Å²) < 4.78 is 0. The van der Waals surface area contributed by atoms with Gasteiger partial charge in [-0.2, -0.15) is 15.0 Å². The van der Waals surface area contributed by atoms with Gasteiger partial charge in [0, 0.05) is 23.2 Å². The molecule has 4 saturated carbocycles. The van der Waals surface area contributed by atoms with Gasteiger partial charge in [0.15, 0.2) is 0 Å². The third-order valence-corrected chi connectivity index (χ3v) is 7.95. The number of rotatable bonds is 6. The van der Waals surface area contributed by atoms with Crippen LogP contribution in [-0.4, -0.2) is 21.0 Å². The molecule has 0 radical (unpaired) electrons. The number of halogens is 1. The van der Waals surface area contributed by atoms with Crippen LogP contribution in [0.3, 0.4) is 0 Å². The van der Waals surface area contributed by atoms with Crippen molar-refractivity contribution < 1.29 is 0 Å². The van der Waals surface area contributed by atoms with Gasteiger partial charge < -0.3 is 5.32 Å². The monoisotopic (exact) mass is 432 g/mol. The first-order chi connectivity index (χ1) is 15.2. The highest BCUT2D eigenvalue weighted by molar-refractivity contribution is 6.30. The highest BCUT2D eigenvalue weighted by atomic mass is 35.5. The molecule has 160 valence electrons. The number of nitrogens with zero attached hydrogens (tertiary/aromatic N) is 3. The molecule has 1 aromatic heterocycles. The molecule has 4 fully saturated rings. The summed E-state index contributed by atoms with van der Waals surface area (Å²) in [5.41, 5.74) is 4.27. The predicted molar refractivity (Wildman–Crippen MR) is 124 cm³/mol. The lowest BCUT2D eigenvalue weighted by atomic mass is 9.54. The Morgan fingerprint density at radius 3 is 2.32 bits per heavy atom. The van der Waals surface area contributed by atoms with E-state index < -0.39 is 0 Å². The van der Waals surface area contributed by atoms with Gasteiger partial charge in [0.05, 0.1) is 6.54 Å². The summed E-state index contributed by atoms with van der Waals surface area (Å²) in [4.78, 5) is 1.82. The van der Waals surface area contributed by atoms with Gasteiger partial charge >= 0.3 is 0 Å². The average molecular weight is 433 g/mol. The Bertz CT molecular complexity index is 1030. The van der Waals surface area contributed by atoms with E-state index >= 15 is 0 Å². The molecule has 7 rings (SSSR count). The molecule has 0 atom stereocenters. The third-order valence-electron chi connectivity index (χ3n) is 7.72. The van der Waals surface area contributed by atoms with Crippen LogP contribution in [0.15, 0.2) is 54.6 Å². The second-order valence-electron chi connectivity index (χ2n) is 9.86. The molecule has 0 saturated heterocycles. The van der Waals surface area contributed by atoms with Crippen LogP contribution in [0.2, 0.25) is 5.02 Å². The zero-order valence-electron chi connectivity index (χ0n) is 17.8. The van der Waals surface area contributed by atoms with Crippen LogP contribution in [0, 0.1) is 23.7 Å². The van der Waals surface area contributed by atoms with E-state index in [1.165, 1.54) is 32.1 Å². The summed E-state index contributed by atoms with van der Waals surface area (Å²) in [6, 6.07) is 19.0. The Balaban J connectivity index is 1.25. The smallest absolute Gasteiger partial charge is 0.117 e. The Morgan fingerprint density at radius 2 is 1.61 bits per heavy atom. The minimum atomic E-state index is 0.623. The van der Waals surface area contributed by atoms with Crippen molar-refractivity contribution in [1.29, 1.82) is 0 Å². The molecule has 4 bridgehead atoms. The molecule has 0 unspecified atom stereocenters. The zero-order chi connectivity index (χ0) is 20.8. The average Bonchev–Trinajstić information content (AvgIpc) is 3.16. The van der Waals surface area contributed by atoms with Crippen molar-refractivity contribution in [2.75, 3.05) is 0 Å². The fraction of sp³-hybridized carbons (Fsp3) is 0.462. The maximum Gasteiger partial charge on any atom is 0.117 e. The Morgan fingerprint density at radius 1 is 0.871 bits per heavy atom. The van der Waals surface area contributed by atoms with Gasteiger partial charge in [-0.25, -0.2) is 0 Å². The van der Waals surface area contributed by atoms with Crippen LogP contribution in [-0.2, 0) is 13.1 Å². The normalized spacial score (nSPS) is 28.9. The van der Waals surface area contributed by atoms with E-state index in [-0.39, 0.29) is 0 Å². The van der Waals surface area contributed by atoms with E-state index in [0.29, 0.717) is 12.6 Å². The minimum absolute atomic E-state index is 0.623. The van der Waals surface area contributed by atoms with Crippen molar-refractivity contribution in [3.05, 3.63) is 70.9 Å². The summed E-state index contributed by atoms with van der Waals surface area (Å²) >= 11 is 6.18. The van der Waals surface area contributed by atoms with Crippen LogP contribution < -0.4 is 5.32 Å². The number of hydrogen-bond donors (Lipinski definition) is 1. The molecule has 0 aliphatic heterocycles. The fourth-order valence-corrected chi connectivity index (χ4v) is 6.88. The molecule has 5 heteroatoms. The van der Waals surface area contributed by atoms with Crippen molar-refractivity contribution >= 4 is 11.6 Å². The first kappa shape index (κ1) is 19.5. The molecule has 0 spiro atoms. The van der Waals surface area contributed by atoms with Gasteiger partial charge in [-0.1, -0.05) is 54.1 Å². The van der Waals surface area contributed by atoms with Gasteiger partial charge in [-0.15, -0.1) is 0 Å². The summed E-state index contributed by atoms with van der Waals surface area (Å²) in [5, 5.41) is 14.5. The molecule has 31 heavy (non-hydrogen) atoms. The van der Waals surface area contributed by atoms with Gasteiger partial charge in [0.25, 0.3) is 0 Å². The highest BCUT2D eigenvalue weighted by Gasteiger charge is 2.47. The topological polar surface area (TPSA) is 42.7 Å². The predicted octanol–water partition coefficient (Wildman–Crippen LogP) is 5.56. The van der Waals surface area contributed by atoms with E-state index in [1.54, 1.807) is 0 Å². The SMILES string of the molecule is Clc1cccc(Cn2nc(CNC3C4CC5CC(C4)CC3C5)c(-c3ccccc3)n2)c1.